The Hall–Kier alpha value is -3.86. The number of nitrogens with one attached hydrogen (secondary N) is 1. The molecule has 1 fully saturated rings. The van der Waals surface area contributed by atoms with Gasteiger partial charge in [-0.25, -0.2) is 19.4 Å². The molecule has 15 nitrogen and oxygen atoms in total. The second-order valence-electron chi connectivity index (χ2n) is 6.64. The minimum Gasteiger partial charge on any atom is -0.477 e. The molecular formula is C17H19N7O8S2. The van der Waals surface area contributed by atoms with E-state index >= 15 is 0 Å². The van der Waals surface area contributed by atoms with Gasteiger partial charge in [0.15, 0.2) is 10.9 Å². The van der Waals surface area contributed by atoms with E-state index in [1.807, 2.05) is 0 Å². The molecule has 0 aromatic carbocycles. The average Bonchev–Trinajstić information content (AvgIpc) is 3.21. The summed E-state index contributed by atoms with van der Waals surface area (Å²) in [5, 5.41) is 16.3. The maximum Gasteiger partial charge on any atom is 0.441 e. The predicted molar refractivity (Wildman–Crippen MR) is 120 cm³/mol. The maximum absolute atomic E-state index is 12.5. The second kappa shape index (κ2) is 10.4. The Bertz CT molecular complexity index is 1090. The lowest BCUT2D eigenvalue weighted by atomic mass is 10.0. The van der Waals surface area contributed by atoms with Crippen molar-refractivity contribution in [3.8, 4) is 0 Å². The number of thiazole rings is 1. The highest BCUT2D eigenvalue weighted by molar-refractivity contribution is 8.00. The number of amides is 4. The van der Waals surface area contributed by atoms with Crippen LogP contribution in [0.1, 0.15) is 6.92 Å². The molecule has 1 aromatic rings. The van der Waals surface area contributed by atoms with Gasteiger partial charge in [0.1, 0.15) is 29.9 Å². The van der Waals surface area contributed by atoms with Gasteiger partial charge in [-0.15, -0.1) is 23.1 Å². The number of nitrogens with two attached hydrogens (primary N) is 2. The molecule has 0 radical (unpaired) electrons. The van der Waals surface area contributed by atoms with Gasteiger partial charge in [0.05, 0.1) is 0 Å². The van der Waals surface area contributed by atoms with E-state index < -0.39 is 41.4 Å². The number of hydrogen-bond donors (Lipinski definition) is 4. The van der Waals surface area contributed by atoms with Crippen molar-refractivity contribution in [1.82, 2.24) is 15.2 Å². The van der Waals surface area contributed by atoms with Crippen LogP contribution in [0.25, 0.3) is 0 Å². The Balaban J connectivity index is 1.58. The Kier molecular flexibility index (Phi) is 7.57. The van der Waals surface area contributed by atoms with Crippen LogP contribution in [-0.4, -0.2) is 81.5 Å². The number of ether oxygens (including phenoxy) is 1. The fourth-order valence-corrected chi connectivity index (χ4v) is 4.98. The molecule has 2 atom stereocenters. The van der Waals surface area contributed by atoms with Crippen molar-refractivity contribution in [2.75, 3.05) is 29.5 Å². The number of aliphatic carboxylic acids is 1. The summed E-state index contributed by atoms with van der Waals surface area (Å²) in [6.07, 6.45) is -1.31. The largest absolute Gasteiger partial charge is 0.477 e. The van der Waals surface area contributed by atoms with Crippen molar-refractivity contribution in [3.05, 3.63) is 16.7 Å². The van der Waals surface area contributed by atoms with Crippen LogP contribution in [0.2, 0.25) is 0 Å². The number of anilines is 2. The third-order valence-corrected chi connectivity index (χ3v) is 6.56. The van der Waals surface area contributed by atoms with E-state index in [-0.39, 0.29) is 41.1 Å². The van der Waals surface area contributed by atoms with Crippen molar-refractivity contribution in [3.63, 3.8) is 0 Å². The number of rotatable bonds is 8. The normalized spacial score (nSPS) is 19.3. The third kappa shape index (κ3) is 5.20. The number of nitrogens with zero attached hydrogens (tertiary/aromatic N) is 4. The standard InChI is InChI=1S/C17H19N7O8S2/c1-2-23(8-6-34-15(18)21-8)17(30)32-20-3-9(25)22-10-12(26)24-11(14(27)28)7(4-31-16(19)29)5-33-13(10)24/h3,6,10,13H,2,4-5H2,1H3,(H2,18,21)(H2,19,29)(H,22,25)(H,27,28)/b20-3+. The number of carboxylic acids is 1. The van der Waals surface area contributed by atoms with Gasteiger partial charge in [0, 0.05) is 23.3 Å². The fraction of sp³-hybridized carbons (Fsp3) is 0.353. The van der Waals surface area contributed by atoms with Crippen LogP contribution in [0.5, 0.6) is 0 Å². The molecule has 182 valence electrons. The first-order chi connectivity index (χ1) is 16.1. The monoisotopic (exact) mass is 513 g/mol. The van der Waals surface area contributed by atoms with Gasteiger partial charge < -0.3 is 26.6 Å². The Labute approximate surface area is 199 Å². The highest BCUT2D eigenvalue weighted by Gasteiger charge is 2.54. The molecule has 3 rings (SSSR count). The van der Waals surface area contributed by atoms with E-state index in [4.69, 9.17) is 11.5 Å². The zero-order chi connectivity index (χ0) is 25.0. The molecule has 0 aliphatic carbocycles. The molecule has 2 aliphatic heterocycles. The van der Waals surface area contributed by atoms with Crippen LogP contribution in [0.15, 0.2) is 21.8 Å². The number of thioether (sulfide) groups is 1. The quantitative estimate of drug-likeness (QED) is 0.150. The molecule has 1 saturated heterocycles. The first kappa shape index (κ1) is 24.8. The summed E-state index contributed by atoms with van der Waals surface area (Å²) in [5.41, 5.74) is 10.3. The fourth-order valence-electron chi connectivity index (χ4n) is 3.10. The number of aromatic nitrogens is 1. The zero-order valence-corrected chi connectivity index (χ0v) is 19.1. The predicted octanol–water partition coefficient (Wildman–Crippen LogP) is -0.492. The molecule has 1 aromatic heterocycles. The summed E-state index contributed by atoms with van der Waals surface area (Å²) in [4.78, 5) is 70.1. The molecule has 0 bridgehead atoms. The molecule has 6 N–H and O–H groups in total. The Morgan fingerprint density at radius 1 is 1.44 bits per heavy atom. The SMILES string of the molecule is CCN(C(=O)O/N=C/C(=O)NC1C(=O)N2C(C(=O)O)=C(COC(N)=O)CSC12)c1csc(N)n1. The minimum absolute atomic E-state index is 0.134. The highest BCUT2D eigenvalue weighted by atomic mass is 32.2. The van der Waals surface area contributed by atoms with Gasteiger partial charge in [-0.3, -0.25) is 24.2 Å². The molecule has 17 heteroatoms. The highest BCUT2D eigenvalue weighted by Crippen LogP contribution is 2.40. The number of hydrogen-bond acceptors (Lipinski definition) is 12. The molecule has 4 amide bonds. The molecule has 2 aliphatic rings. The number of fused-ring (bicyclic) bond motifs is 1. The van der Waals surface area contributed by atoms with Crippen molar-refractivity contribution < 1.29 is 38.7 Å². The summed E-state index contributed by atoms with van der Waals surface area (Å²) >= 11 is 2.30. The summed E-state index contributed by atoms with van der Waals surface area (Å²) in [7, 11) is 0. The van der Waals surface area contributed by atoms with Crippen LogP contribution in [0.3, 0.4) is 0 Å². The smallest absolute Gasteiger partial charge is 0.441 e. The number of nitrogen functional groups attached to an aromatic ring is 1. The van der Waals surface area contributed by atoms with Crippen molar-refractivity contribution >= 4 is 70.2 Å². The molecule has 3 heterocycles. The van der Waals surface area contributed by atoms with Gasteiger partial charge >= 0.3 is 18.2 Å². The van der Waals surface area contributed by atoms with E-state index in [0.717, 1.165) is 21.1 Å². The van der Waals surface area contributed by atoms with Gasteiger partial charge in [0.2, 0.25) is 0 Å². The third-order valence-electron chi connectivity index (χ3n) is 4.56. The summed E-state index contributed by atoms with van der Waals surface area (Å²) in [6, 6.07) is -1.03. The lowest BCUT2D eigenvalue weighted by Crippen LogP contribution is -2.70. The Morgan fingerprint density at radius 3 is 2.76 bits per heavy atom. The minimum atomic E-state index is -1.39. The number of carboxylic acid groups (broad SMARTS) is 1. The Morgan fingerprint density at radius 2 is 2.18 bits per heavy atom. The van der Waals surface area contributed by atoms with E-state index in [1.165, 1.54) is 11.8 Å². The number of carbonyl (C=O) groups excluding carboxylic acids is 4. The number of carbonyl (C=O) groups is 5. The van der Waals surface area contributed by atoms with Crippen LogP contribution in [0, 0.1) is 0 Å². The number of oxime groups is 1. The van der Waals surface area contributed by atoms with E-state index in [9.17, 15) is 29.1 Å². The molecule has 34 heavy (non-hydrogen) atoms. The topological polar surface area (TPSA) is 220 Å². The van der Waals surface area contributed by atoms with Crippen LogP contribution in [-0.2, 0) is 24.0 Å². The van der Waals surface area contributed by atoms with Crippen molar-refractivity contribution in [2.24, 2.45) is 10.9 Å². The van der Waals surface area contributed by atoms with Gasteiger partial charge in [0.25, 0.3) is 11.8 Å². The number of primary amides is 1. The zero-order valence-electron chi connectivity index (χ0n) is 17.5. The lowest BCUT2D eigenvalue weighted by Gasteiger charge is -2.49. The summed E-state index contributed by atoms with van der Waals surface area (Å²) < 4.78 is 4.64. The van der Waals surface area contributed by atoms with Gasteiger partial charge in [-0.2, -0.15) is 0 Å². The van der Waals surface area contributed by atoms with Crippen molar-refractivity contribution in [1.29, 1.82) is 0 Å². The molecule has 0 saturated carbocycles. The van der Waals surface area contributed by atoms with Gasteiger partial charge in [-0.05, 0) is 6.92 Å². The molecule has 2 unspecified atom stereocenters. The first-order valence-corrected chi connectivity index (χ1v) is 11.4. The molecule has 0 spiro atoms. The maximum atomic E-state index is 12.5. The first-order valence-electron chi connectivity index (χ1n) is 9.49. The molecular weight excluding hydrogens is 494 g/mol. The number of β-lactam (4-membered cyclic amide) rings is 1. The summed E-state index contributed by atoms with van der Waals surface area (Å²) in [6.45, 7) is 1.51. The second-order valence-corrected chi connectivity index (χ2v) is 8.64. The lowest BCUT2D eigenvalue weighted by molar-refractivity contribution is -0.150. The van der Waals surface area contributed by atoms with E-state index in [2.05, 4.69) is 25.0 Å². The average molecular weight is 514 g/mol. The van der Waals surface area contributed by atoms with E-state index in [0.29, 0.717) is 6.21 Å². The van der Waals surface area contributed by atoms with Crippen LogP contribution >= 0.6 is 23.1 Å². The van der Waals surface area contributed by atoms with Gasteiger partial charge in [-0.1, -0.05) is 5.16 Å². The summed E-state index contributed by atoms with van der Waals surface area (Å²) in [5.74, 6) is -2.50. The van der Waals surface area contributed by atoms with Crippen LogP contribution < -0.4 is 21.7 Å². The van der Waals surface area contributed by atoms with Crippen LogP contribution in [0.4, 0.5) is 20.5 Å². The van der Waals surface area contributed by atoms with Crippen molar-refractivity contribution in [2.45, 2.75) is 18.3 Å². The van der Waals surface area contributed by atoms with E-state index in [1.54, 1.807) is 12.3 Å².